The Morgan fingerprint density at radius 3 is 2.61 bits per heavy atom. The molecule has 2 nitrogen and oxygen atoms in total. The molecule has 0 bridgehead atoms. The minimum atomic E-state index is -1.16. The summed E-state index contributed by atoms with van der Waals surface area (Å²) in [6.45, 7) is 3.43. The molecule has 5 heteroatoms. The van der Waals surface area contributed by atoms with E-state index < -0.39 is 17.5 Å². The zero-order valence-electron chi connectivity index (χ0n) is 10.2. The smallest absolute Gasteiger partial charge is 0.161 e. The third-order valence-corrected chi connectivity index (χ3v) is 3.20. The molecule has 0 aliphatic carbocycles. The number of hydrogen-bond donors (Lipinski definition) is 1. The van der Waals surface area contributed by atoms with Gasteiger partial charge in [-0.25, -0.2) is 13.2 Å². The molecular weight excluding hydrogens is 243 g/mol. The fraction of sp³-hybridized carbons (Fsp3) is 0.538. The number of halogens is 3. The highest BCUT2D eigenvalue weighted by Crippen LogP contribution is 2.24. The molecule has 100 valence electrons. The van der Waals surface area contributed by atoms with Crippen molar-refractivity contribution in [2.45, 2.75) is 31.9 Å². The molecule has 1 unspecified atom stereocenters. The van der Waals surface area contributed by atoms with E-state index in [0.29, 0.717) is 12.6 Å². The maximum absolute atomic E-state index is 13.3. The first-order chi connectivity index (χ1) is 8.50. The highest BCUT2D eigenvalue weighted by atomic mass is 19.2. The van der Waals surface area contributed by atoms with Gasteiger partial charge in [0.1, 0.15) is 5.82 Å². The molecule has 1 fully saturated rings. The van der Waals surface area contributed by atoms with Crippen LogP contribution in [-0.2, 0) is 11.3 Å². The predicted molar refractivity (Wildman–Crippen MR) is 61.6 cm³/mol. The summed E-state index contributed by atoms with van der Waals surface area (Å²) in [5.74, 6) is -2.93. The Balaban J connectivity index is 1.92. The van der Waals surface area contributed by atoms with Crippen molar-refractivity contribution in [2.24, 2.45) is 0 Å². The number of benzene rings is 1. The molecular formula is C13H16F3NO. The van der Waals surface area contributed by atoms with Crippen molar-refractivity contribution in [1.82, 2.24) is 5.32 Å². The van der Waals surface area contributed by atoms with Gasteiger partial charge >= 0.3 is 0 Å². The normalized spacial score (nSPS) is 23.6. The van der Waals surface area contributed by atoms with Crippen LogP contribution in [0.4, 0.5) is 13.2 Å². The van der Waals surface area contributed by atoms with Crippen LogP contribution < -0.4 is 5.32 Å². The third-order valence-electron chi connectivity index (χ3n) is 3.20. The van der Waals surface area contributed by atoms with Crippen LogP contribution in [0.1, 0.15) is 25.3 Å². The molecule has 1 saturated heterocycles. The van der Waals surface area contributed by atoms with Crippen molar-refractivity contribution >= 4 is 0 Å². The molecule has 18 heavy (non-hydrogen) atoms. The Kier molecular flexibility index (Phi) is 3.92. The van der Waals surface area contributed by atoms with Gasteiger partial charge in [0.25, 0.3) is 0 Å². The van der Waals surface area contributed by atoms with Crippen molar-refractivity contribution in [2.75, 3.05) is 13.2 Å². The average Bonchev–Trinajstić information content (AvgIpc) is 2.73. The monoisotopic (exact) mass is 259 g/mol. The van der Waals surface area contributed by atoms with Crippen LogP contribution in [-0.4, -0.2) is 18.8 Å². The first kappa shape index (κ1) is 13.4. The summed E-state index contributed by atoms with van der Waals surface area (Å²) in [5, 5.41) is 3.02. The number of nitrogens with one attached hydrogen (secondary N) is 1. The van der Waals surface area contributed by atoms with Gasteiger partial charge in [0, 0.05) is 31.3 Å². The van der Waals surface area contributed by atoms with E-state index in [9.17, 15) is 13.2 Å². The van der Waals surface area contributed by atoms with E-state index in [1.807, 2.05) is 6.92 Å². The van der Waals surface area contributed by atoms with E-state index in [0.717, 1.165) is 25.5 Å². The fourth-order valence-electron chi connectivity index (χ4n) is 2.14. The van der Waals surface area contributed by atoms with Gasteiger partial charge in [0.15, 0.2) is 11.6 Å². The van der Waals surface area contributed by atoms with Crippen LogP contribution in [0.5, 0.6) is 0 Å². The standard InChI is InChI=1S/C13H16F3NO/c1-13(3-2-4-18-13)8-17-7-9-5-11(15)12(16)6-10(9)14/h5-6,17H,2-4,7-8H2,1H3. The van der Waals surface area contributed by atoms with Crippen LogP contribution in [0.3, 0.4) is 0 Å². The molecule has 2 rings (SSSR count). The molecule has 0 amide bonds. The lowest BCUT2D eigenvalue weighted by Crippen LogP contribution is -2.37. The van der Waals surface area contributed by atoms with Crippen LogP contribution in [0.15, 0.2) is 12.1 Å². The van der Waals surface area contributed by atoms with E-state index >= 15 is 0 Å². The van der Waals surface area contributed by atoms with Crippen LogP contribution in [0.25, 0.3) is 0 Å². The zero-order chi connectivity index (χ0) is 13.2. The fourth-order valence-corrected chi connectivity index (χ4v) is 2.14. The van der Waals surface area contributed by atoms with Crippen LogP contribution >= 0.6 is 0 Å². The van der Waals surface area contributed by atoms with Crippen molar-refractivity contribution in [1.29, 1.82) is 0 Å². The summed E-state index contributed by atoms with van der Waals surface area (Å²) in [7, 11) is 0. The summed E-state index contributed by atoms with van der Waals surface area (Å²) in [4.78, 5) is 0. The number of hydrogen-bond acceptors (Lipinski definition) is 2. The lowest BCUT2D eigenvalue weighted by Gasteiger charge is -2.23. The van der Waals surface area contributed by atoms with Gasteiger partial charge in [-0.05, 0) is 25.8 Å². The van der Waals surface area contributed by atoms with E-state index in [4.69, 9.17) is 4.74 Å². The molecule has 0 radical (unpaired) electrons. The van der Waals surface area contributed by atoms with Crippen LogP contribution in [0.2, 0.25) is 0 Å². The molecule has 0 saturated carbocycles. The number of rotatable bonds is 4. The Morgan fingerprint density at radius 2 is 1.94 bits per heavy atom. The molecule has 1 aliphatic heterocycles. The molecule has 1 atom stereocenters. The lowest BCUT2D eigenvalue weighted by molar-refractivity contribution is 0.0206. The third kappa shape index (κ3) is 3.03. The van der Waals surface area contributed by atoms with E-state index in [-0.39, 0.29) is 17.7 Å². The van der Waals surface area contributed by atoms with Crippen molar-refractivity contribution in [3.05, 3.63) is 35.1 Å². The summed E-state index contributed by atoms with van der Waals surface area (Å²) in [6, 6.07) is 1.45. The lowest BCUT2D eigenvalue weighted by atomic mass is 10.0. The summed E-state index contributed by atoms with van der Waals surface area (Å²) < 4.78 is 44.6. The molecule has 1 N–H and O–H groups in total. The molecule has 0 aromatic heterocycles. The first-order valence-electron chi connectivity index (χ1n) is 5.98. The Labute approximate surface area is 104 Å². The van der Waals surface area contributed by atoms with Crippen molar-refractivity contribution in [3.63, 3.8) is 0 Å². The molecule has 0 spiro atoms. The predicted octanol–water partition coefficient (Wildman–Crippen LogP) is 2.76. The van der Waals surface area contributed by atoms with E-state index in [2.05, 4.69) is 5.32 Å². The average molecular weight is 259 g/mol. The van der Waals surface area contributed by atoms with Crippen LogP contribution in [0, 0.1) is 17.5 Å². The minimum absolute atomic E-state index is 0.121. The summed E-state index contributed by atoms with van der Waals surface area (Å²) in [5.41, 5.74) is -0.120. The van der Waals surface area contributed by atoms with Crippen molar-refractivity contribution < 1.29 is 17.9 Å². The highest BCUT2D eigenvalue weighted by molar-refractivity contribution is 5.19. The molecule has 1 heterocycles. The first-order valence-corrected chi connectivity index (χ1v) is 5.98. The van der Waals surface area contributed by atoms with Gasteiger partial charge < -0.3 is 10.1 Å². The number of ether oxygens (including phenoxy) is 1. The largest absolute Gasteiger partial charge is 0.374 e. The highest BCUT2D eigenvalue weighted by Gasteiger charge is 2.29. The zero-order valence-corrected chi connectivity index (χ0v) is 10.2. The maximum Gasteiger partial charge on any atom is 0.161 e. The van der Waals surface area contributed by atoms with Gasteiger partial charge in [-0.1, -0.05) is 0 Å². The quantitative estimate of drug-likeness (QED) is 0.839. The SMILES string of the molecule is CC1(CNCc2cc(F)c(F)cc2F)CCCO1. The second-order valence-corrected chi connectivity index (χ2v) is 4.86. The molecule has 1 aromatic rings. The van der Waals surface area contributed by atoms with Crippen molar-refractivity contribution in [3.8, 4) is 0 Å². The second kappa shape index (κ2) is 5.28. The van der Waals surface area contributed by atoms with Gasteiger partial charge in [-0.2, -0.15) is 0 Å². The maximum atomic E-state index is 13.3. The Morgan fingerprint density at radius 1 is 1.22 bits per heavy atom. The van der Waals surface area contributed by atoms with Gasteiger partial charge in [-0.15, -0.1) is 0 Å². The summed E-state index contributed by atoms with van der Waals surface area (Å²) in [6.07, 6.45) is 1.96. The Bertz CT molecular complexity index is 430. The summed E-state index contributed by atoms with van der Waals surface area (Å²) >= 11 is 0. The van der Waals surface area contributed by atoms with Gasteiger partial charge in [0.2, 0.25) is 0 Å². The van der Waals surface area contributed by atoms with E-state index in [1.54, 1.807) is 0 Å². The van der Waals surface area contributed by atoms with Gasteiger partial charge in [-0.3, -0.25) is 0 Å². The van der Waals surface area contributed by atoms with E-state index in [1.165, 1.54) is 0 Å². The minimum Gasteiger partial charge on any atom is -0.374 e. The van der Waals surface area contributed by atoms with Gasteiger partial charge in [0.05, 0.1) is 5.60 Å². The molecule has 1 aliphatic rings. The topological polar surface area (TPSA) is 21.3 Å². The molecule has 1 aromatic carbocycles. The Hall–Kier alpha value is -1.07. The second-order valence-electron chi connectivity index (χ2n) is 4.86.